The minimum Gasteiger partial charge on any atom is -0.479 e. The van der Waals surface area contributed by atoms with Crippen molar-refractivity contribution in [3.8, 4) is 11.1 Å². The standard InChI is InChI=1S/C26H24ClFN4O7/c1-14-23(39-26(37)38-14)8-9-32-13-21(30-31-32)24(34)29-18(12-22(33)25(35)36)10-15-2-4-16(5-3-15)19-11-17(27)6-7-20(19)28/h2-7,11,13,18,22,33H,8-10,12H2,1H3,(H,29,34)(H,35,36)/t18-,22-/m1/s1. The fourth-order valence-electron chi connectivity index (χ4n) is 3.98. The zero-order valence-corrected chi connectivity index (χ0v) is 21.4. The normalized spacial score (nSPS) is 12.7. The molecule has 39 heavy (non-hydrogen) atoms. The Hall–Kier alpha value is -4.29. The summed E-state index contributed by atoms with van der Waals surface area (Å²) in [6, 6.07) is 10.3. The van der Waals surface area contributed by atoms with E-state index in [1.54, 1.807) is 31.2 Å². The van der Waals surface area contributed by atoms with Crippen LogP contribution in [-0.4, -0.2) is 49.2 Å². The molecule has 4 rings (SSSR count). The van der Waals surface area contributed by atoms with Crippen LogP contribution in [0.5, 0.6) is 0 Å². The number of carbonyl (C=O) groups excluding carboxylic acids is 1. The van der Waals surface area contributed by atoms with Gasteiger partial charge in [0.25, 0.3) is 5.91 Å². The molecule has 0 radical (unpaired) electrons. The van der Waals surface area contributed by atoms with E-state index in [0.717, 1.165) is 0 Å². The first kappa shape index (κ1) is 27.7. The van der Waals surface area contributed by atoms with Gasteiger partial charge in [0, 0.05) is 36.0 Å². The Morgan fingerprint density at radius 2 is 1.92 bits per heavy atom. The summed E-state index contributed by atoms with van der Waals surface area (Å²) in [7, 11) is 0. The number of nitrogens with one attached hydrogen (secondary N) is 1. The van der Waals surface area contributed by atoms with Gasteiger partial charge < -0.3 is 24.4 Å². The number of hydrogen-bond donors (Lipinski definition) is 3. The Morgan fingerprint density at radius 3 is 2.59 bits per heavy atom. The van der Waals surface area contributed by atoms with Crippen molar-refractivity contribution in [2.75, 3.05) is 0 Å². The predicted octanol–water partition coefficient (Wildman–Crippen LogP) is 3.01. The molecule has 0 aliphatic carbocycles. The summed E-state index contributed by atoms with van der Waals surface area (Å²) in [4.78, 5) is 35.3. The van der Waals surface area contributed by atoms with Crippen molar-refractivity contribution in [1.29, 1.82) is 0 Å². The third-order valence-electron chi connectivity index (χ3n) is 5.98. The highest BCUT2D eigenvalue weighted by molar-refractivity contribution is 6.30. The summed E-state index contributed by atoms with van der Waals surface area (Å²) >= 11 is 5.99. The van der Waals surface area contributed by atoms with E-state index >= 15 is 0 Å². The van der Waals surface area contributed by atoms with E-state index in [2.05, 4.69) is 15.6 Å². The lowest BCUT2D eigenvalue weighted by Crippen LogP contribution is -2.40. The molecule has 0 aliphatic heterocycles. The molecule has 2 atom stereocenters. The first-order valence-electron chi connectivity index (χ1n) is 11.8. The lowest BCUT2D eigenvalue weighted by atomic mass is 9.97. The summed E-state index contributed by atoms with van der Waals surface area (Å²) < 4.78 is 25.4. The van der Waals surface area contributed by atoms with Crippen molar-refractivity contribution in [1.82, 2.24) is 20.3 Å². The van der Waals surface area contributed by atoms with Gasteiger partial charge in [0.15, 0.2) is 17.6 Å². The lowest BCUT2D eigenvalue weighted by Gasteiger charge is -2.20. The van der Waals surface area contributed by atoms with E-state index in [9.17, 15) is 23.9 Å². The van der Waals surface area contributed by atoms with Gasteiger partial charge in [-0.05, 0) is 42.7 Å². The number of halogens is 2. The molecule has 11 nitrogen and oxygen atoms in total. The maximum absolute atomic E-state index is 14.2. The number of carbonyl (C=O) groups is 2. The number of carboxylic acids is 1. The minimum atomic E-state index is -1.71. The Kier molecular flexibility index (Phi) is 8.57. The third kappa shape index (κ3) is 7.18. The zero-order chi connectivity index (χ0) is 28.1. The van der Waals surface area contributed by atoms with Crippen LogP contribution in [0.2, 0.25) is 5.02 Å². The van der Waals surface area contributed by atoms with Crippen LogP contribution in [0.1, 0.15) is 34.0 Å². The van der Waals surface area contributed by atoms with Crippen molar-refractivity contribution in [2.45, 2.75) is 44.9 Å². The van der Waals surface area contributed by atoms with Crippen LogP contribution in [0.15, 0.2) is 62.3 Å². The van der Waals surface area contributed by atoms with Gasteiger partial charge in [-0.15, -0.1) is 5.10 Å². The fraction of sp³-hybridized carbons (Fsp3) is 0.269. The number of amides is 1. The number of aliphatic hydroxyl groups is 1. The van der Waals surface area contributed by atoms with Gasteiger partial charge in [-0.2, -0.15) is 0 Å². The molecule has 1 amide bonds. The highest BCUT2D eigenvalue weighted by Gasteiger charge is 2.24. The molecular weight excluding hydrogens is 535 g/mol. The molecule has 0 bridgehead atoms. The molecule has 0 saturated heterocycles. The molecule has 2 aromatic heterocycles. The Labute approximate surface area is 225 Å². The molecule has 0 aliphatic rings. The molecule has 0 fully saturated rings. The summed E-state index contributed by atoms with van der Waals surface area (Å²) in [5.74, 6) is -2.57. The number of benzene rings is 2. The van der Waals surface area contributed by atoms with Crippen molar-refractivity contribution < 1.29 is 33.0 Å². The number of aryl methyl sites for hydroxylation is 3. The average Bonchev–Trinajstić information content (AvgIpc) is 3.50. The van der Waals surface area contributed by atoms with Crippen molar-refractivity contribution >= 4 is 23.5 Å². The summed E-state index contributed by atoms with van der Waals surface area (Å²) in [5.41, 5.74) is 1.60. The Morgan fingerprint density at radius 1 is 1.18 bits per heavy atom. The number of rotatable bonds is 11. The second-order valence-electron chi connectivity index (χ2n) is 8.84. The molecule has 4 aromatic rings. The second kappa shape index (κ2) is 12.0. The van der Waals surface area contributed by atoms with E-state index in [-0.39, 0.29) is 31.5 Å². The van der Waals surface area contributed by atoms with Gasteiger partial charge >= 0.3 is 11.8 Å². The molecule has 13 heteroatoms. The highest BCUT2D eigenvalue weighted by Crippen LogP contribution is 2.26. The molecule has 0 unspecified atom stereocenters. The SMILES string of the molecule is Cc1oc(=O)oc1CCn1cc(C(=O)N[C@H](Cc2ccc(-c3cc(Cl)ccc3F)cc2)C[C@@H](O)C(=O)O)nn1. The van der Waals surface area contributed by atoms with Gasteiger partial charge in [-0.25, -0.2) is 14.0 Å². The van der Waals surface area contributed by atoms with Crippen LogP contribution in [0.3, 0.4) is 0 Å². The number of nitrogens with zero attached hydrogens (tertiary/aromatic N) is 3. The van der Waals surface area contributed by atoms with Gasteiger partial charge in [-0.3, -0.25) is 9.48 Å². The molecule has 2 aromatic carbocycles. The number of aromatic nitrogens is 3. The highest BCUT2D eigenvalue weighted by atomic mass is 35.5. The van der Waals surface area contributed by atoms with Crippen LogP contribution >= 0.6 is 11.6 Å². The van der Waals surface area contributed by atoms with E-state index in [1.807, 2.05) is 0 Å². The number of hydrogen-bond acceptors (Lipinski definition) is 8. The zero-order valence-electron chi connectivity index (χ0n) is 20.6. The summed E-state index contributed by atoms with van der Waals surface area (Å²) in [6.07, 6.45) is -0.120. The molecule has 0 spiro atoms. The summed E-state index contributed by atoms with van der Waals surface area (Å²) in [6.45, 7) is 1.85. The second-order valence-corrected chi connectivity index (χ2v) is 9.27. The van der Waals surface area contributed by atoms with E-state index < -0.39 is 35.7 Å². The van der Waals surface area contributed by atoms with Crippen molar-refractivity contribution in [3.05, 3.63) is 92.9 Å². The number of aliphatic hydroxyl groups excluding tert-OH is 1. The minimum absolute atomic E-state index is 0.0260. The Bertz CT molecular complexity index is 1530. The smallest absolute Gasteiger partial charge is 0.479 e. The van der Waals surface area contributed by atoms with Crippen LogP contribution < -0.4 is 11.1 Å². The predicted molar refractivity (Wildman–Crippen MR) is 136 cm³/mol. The van der Waals surface area contributed by atoms with E-state index in [0.29, 0.717) is 33.2 Å². The van der Waals surface area contributed by atoms with Gasteiger partial charge in [-0.1, -0.05) is 41.1 Å². The summed E-state index contributed by atoms with van der Waals surface area (Å²) in [5, 5.41) is 29.9. The van der Waals surface area contributed by atoms with Crippen LogP contribution in [0, 0.1) is 12.7 Å². The molecule has 0 saturated carbocycles. The van der Waals surface area contributed by atoms with E-state index in [4.69, 9.17) is 25.5 Å². The van der Waals surface area contributed by atoms with E-state index in [1.165, 1.54) is 29.1 Å². The quantitative estimate of drug-likeness (QED) is 0.251. The number of carboxylic acid groups (broad SMARTS) is 1. The first-order valence-corrected chi connectivity index (χ1v) is 12.2. The topological polar surface area (TPSA) is 161 Å². The lowest BCUT2D eigenvalue weighted by molar-refractivity contribution is -0.147. The van der Waals surface area contributed by atoms with Crippen LogP contribution in [-0.2, 0) is 24.2 Å². The Balaban J connectivity index is 1.44. The molecule has 204 valence electrons. The van der Waals surface area contributed by atoms with Gasteiger partial charge in [0.05, 0.1) is 6.20 Å². The largest absolute Gasteiger partial charge is 0.519 e. The monoisotopic (exact) mass is 558 g/mol. The molecular formula is C26H24ClFN4O7. The molecule has 2 heterocycles. The number of aliphatic carboxylic acids is 1. The van der Waals surface area contributed by atoms with Crippen molar-refractivity contribution in [3.63, 3.8) is 0 Å². The third-order valence-corrected chi connectivity index (χ3v) is 6.21. The maximum atomic E-state index is 14.2. The fourth-order valence-corrected chi connectivity index (χ4v) is 4.15. The van der Waals surface area contributed by atoms with Crippen LogP contribution in [0.25, 0.3) is 11.1 Å². The maximum Gasteiger partial charge on any atom is 0.519 e. The van der Waals surface area contributed by atoms with Crippen molar-refractivity contribution in [2.24, 2.45) is 0 Å². The van der Waals surface area contributed by atoms with Gasteiger partial charge in [0.1, 0.15) is 11.6 Å². The van der Waals surface area contributed by atoms with Gasteiger partial charge in [0.2, 0.25) is 0 Å². The first-order chi connectivity index (χ1) is 18.6. The molecule has 3 N–H and O–H groups in total. The van der Waals surface area contributed by atoms with Crippen LogP contribution in [0.4, 0.5) is 4.39 Å². The average molecular weight is 559 g/mol.